The van der Waals surface area contributed by atoms with Gasteiger partial charge in [-0.2, -0.15) is 0 Å². The van der Waals surface area contributed by atoms with Crippen LogP contribution in [0.15, 0.2) is 0 Å². The predicted octanol–water partition coefficient (Wildman–Crippen LogP) is 1.47. The molecule has 2 atom stereocenters. The first-order valence-corrected chi connectivity index (χ1v) is 6.72. The van der Waals surface area contributed by atoms with Crippen LogP contribution in [0, 0.1) is 11.3 Å². The van der Waals surface area contributed by atoms with Crippen LogP contribution in [0.2, 0.25) is 0 Å². The number of likely N-dealkylation sites (tertiary alicyclic amines) is 1. The van der Waals surface area contributed by atoms with Crippen LogP contribution in [0.4, 0.5) is 0 Å². The summed E-state index contributed by atoms with van der Waals surface area (Å²) in [7, 11) is 1.85. The number of methoxy groups -OCH3 is 1. The van der Waals surface area contributed by atoms with E-state index in [4.69, 9.17) is 10.5 Å². The summed E-state index contributed by atoms with van der Waals surface area (Å²) in [5.74, 6) is 0.874. The first kappa shape index (κ1) is 12.3. The van der Waals surface area contributed by atoms with E-state index in [2.05, 4.69) is 4.90 Å². The number of nitrogens with two attached hydrogens (primary N) is 1. The standard InChI is InChI=1S/C13H26N2O/c1-16-11-13-6-3-2-5-12(13)9-15(10-13)8-4-7-14/h12H,2-11,14H2,1H3. The van der Waals surface area contributed by atoms with E-state index in [-0.39, 0.29) is 0 Å². The van der Waals surface area contributed by atoms with Gasteiger partial charge >= 0.3 is 0 Å². The van der Waals surface area contributed by atoms with Gasteiger partial charge in [0, 0.05) is 25.6 Å². The Labute approximate surface area is 99.3 Å². The third-order valence-electron chi connectivity index (χ3n) is 4.47. The molecule has 3 heteroatoms. The SMILES string of the molecule is COCC12CCCCC1CN(CCCN)C2. The van der Waals surface area contributed by atoms with Gasteiger partial charge in [0.15, 0.2) is 0 Å². The van der Waals surface area contributed by atoms with Gasteiger partial charge in [-0.3, -0.25) is 0 Å². The van der Waals surface area contributed by atoms with Crippen LogP contribution in [-0.4, -0.2) is 44.8 Å². The lowest BCUT2D eigenvalue weighted by Gasteiger charge is -2.38. The molecule has 0 aromatic rings. The molecular formula is C13H26N2O. The first-order valence-electron chi connectivity index (χ1n) is 6.72. The van der Waals surface area contributed by atoms with Crippen LogP contribution in [0.1, 0.15) is 32.1 Å². The minimum absolute atomic E-state index is 0.474. The van der Waals surface area contributed by atoms with E-state index in [1.54, 1.807) is 0 Å². The molecule has 1 saturated carbocycles. The summed E-state index contributed by atoms with van der Waals surface area (Å²) in [6.07, 6.45) is 6.72. The van der Waals surface area contributed by atoms with Crippen molar-refractivity contribution < 1.29 is 4.74 Å². The van der Waals surface area contributed by atoms with Crippen molar-refractivity contribution in [2.45, 2.75) is 32.1 Å². The van der Waals surface area contributed by atoms with Gasteiger partial charge in [-0.15, -0.1) is 0 Å². The molecule has 2 N–H and O–H groups in total. The summed E-state index contributed by atoms with van der Waals surface area (Å²) < 4.78 is 5.49. The molecule has 1 aliphatic carbocycles. The van der Waals surface area contributed by atoms with Crippen LogP contribution in [-0.2, 0) is 4.74 Å². The fourth-order valence-electron chi connectivity index (χ4n) is 3.70. The van der Waals surface area contributed by atoms with Crippen molar-refractivity contribution in [2.24, 2.45) is 17.1 Å². The highest BCUT2D eigenvalue weighted by molar-refractivity contribution is 4.98. The Balaban J connectivity index is 1.96. The second-order valence-electron chi connectivity index (χ2n) is 5.62. The van der Waals surface area contributed by atoms with E-state index >= 15 is 0 Å². The van der Waals surface area contributed by atoms with Gasteiger partial charge in [-0.25, -0.2) is 0 Å². The molecule has 3 nitrogen and oxygen atoms in total. The third kappa shape index (κ3) is 2.41. The molecule has 1 aliphatic heterocycles. The summed E-state index contributed by atoms with van der Waals surface area (Å²) in [6, 6.07) is 0. The van der Waals surface area contributed by atoms with Crippen LogP contribution < -0.4 is 5.73 Å². The van der Waals surface area contributed by atoms with Crippen molar-refractivity contribution in [3.8, 4) is 0 Å². The minimum Gasteiger partial charge on any atom is -0.384 e. The van der Waals surface area contributed by atoms with Crippen LogP contribution >= 0.6 is 0 Å². The van der Waals surface area contributed by atoms with E-state index in [9.17, 15) is 0 Å². The van der Waals surface area contributed by atoms with Gasteiger partial charge in [0.25, 0.3) is 0 Å². The highest BCUT2D eigenvalue weighted by atomic mass is 16.5. The zero-order valence-corrected chi connectivity index (χ0v) is 10.6. The van der Waals surface area contributed by atoms with Crippen molar-refractivity contribution >= 4 is 0 Å². The molecule has 2 rings (SSSR count). The molecule has 1 heterocycles. The predicted molar refractivity (Wildman–Crippen MR) is 66.4 cm³/mol. The van der Waals surface area contributed by atoms with E-state index in [0.717, 1.165) is 25.5 Å². The molecule has 16 heavy (non-hydrogen) atoms. The molecule has 2 aliphatic rings. The summed E-state index contributed by atoms with van der Waals surface area (Å²) in [5, 5.41) is 0. The molecule has 0 aromatic carbocycles. The Morgan fingerprint density at radius 3 is 3.06 bits per heavy atom. The molecule has 0 spiro atoms. The van der Waals surface area contributed by atoms with Crippen molar-refractivity contribution in [2.75, 3.05) is 39.9 Å². The molecule has 2 fully saturated rings. The van der Waals surface area contributed by atoms with Gasteiger partial charge in [-0.05, 0) is 38.3 Å². The summed E-state index contributed by atoms with van der Waals surface area (Å²) in [4.78, 5) is 2.61. The van der Waals surface area contributed by atoms with Gasteiger partial charge in [0.05, 0.1) is 6.61 Å². The van der Waals surface area contributed by atoms with Gasteiger partial charge < -0.3 is 15.4 Å². The van der Waals surface area contributed by atoms with Crippen molar-refractivity contribution in [1.29, 1.82) is 0 Å². The number of rotatable bonds is 5. The van der Waals surface area contributed by atoms with Crippen molar-refractivity contribution in [1.82, 2.24) is 4.90 Å². The summed E-state index contributed by atoms with van der Waals surface area (Å²) in [6.45, 7) is 5.47. The normalized spacial score (nSPS) is 35.2. The fourth-order valence-corrected chi connectivity index (χ4v) is 3.70. The molecule has 2 unspecified atom stereocenters. The lowest BCUT2D eigenvalue weighted by molar-refractivity contribution is 0.0298. The number of nitrogens with zero attached hydrogens (tertiary/aromatic N) is 1. The van der Waals surface area contributed by atoms with Gasteiger partial charge in [0.2, 0.25) is 0 Å². The van der Waals surface area contributed by atoms with Gasteiger partial charge in [0.1, 0.15) is 0 Å². The summed E-state index contributed by atoms with van der Waals surface area (Å²) in [5.41, 5.74) is 6.07. The lowest BCUT2D eigenvalue weighted by Crippen LogP contribution is -2.37. The highest BCUT2D eigenvalue weighted by Gasteiger charge is 2.47. The molecule has 0 radical (unpaired) electrons. The minimum atomic E-state index is 0.474. The fraction of sp³-hybridized carbons (Fsp3) is 1.00. The van der Waals surface area contributed by atoms with Crippen molar-refractivity contribution in [3.05, 3.63) is 0 Å². The second-order valence-corrected chi connectivity index (χ2v) is 5.62. The quantitative estimate of drug-likeness (QED) is 0.771. The molecule has 1 saturated heterocycles. The second kappa shape index (κ2) is 5.48. The average Bonchev–Trinajstić information content (AvgIpc) is 2.65. The third-order valence-corrected chi connectivity index (χ3v) is 4.47. The van der Waals surface area contributed by atoms with E-state index in [1.807, 2.05) is 7.11 Å². The summed E-state index contributed by atoms with van der Waals surface area (Å²) >= 11 is 0. The Hall–Kier alpha value is -0.120. The number of hydrogen-bond donors (Lipinski definition) is 1. The van der Waals surface area contributed by atoms with Crippen LogP contribution in [0.5, 0.6) is 0 Å². The average molecular weight is 226 g/mol. The molecular weight excluding hydrogens is 200 g/mol. The van der Waals surface area contributed by atoms with Crippen LogP contribution in [0.25, 0.3) is 0 Å². The van der Waals surface area contributed by atoms with Gasteiger partial charge in [-0.1, -0.05) is 12.8 Å². The maximum absolute atomic E-state index is 5.59. The van der Waals surface area contributed by atoms with Crippen molar-refractivity contribution in [3.63, 3.8) is 0 Å². The smallest absolute Gasteiger partial charge is 0.0534 e. The Bertz CT molecular complexity index is 218. The topological polar surface area (TPSA) is 38.5 Å². The maximum atomic E-state index is 5.59. The monoisotopic (exact) mass is 226 g/mol. The largest absolute Gasteiger partial charge is 0.384 e. The number of ether oxygens (including phenoxy) is 1. The van der Waals surface area contributed by atoms with E-state index in [1.165, 1.54) is 45.3 Å². The molecule has 0 aromatic heterocycles. The first-order chi connectivity index (χ1) is 7.80. The Morgan fingerprint density at radius 1 is 1.44 bits per heavy atom. The number of hydrogen-bond acceptors (Lipinski definition) is 3. The molecule has 0 amide bonds. The zero-order valence-electron chi connectivity index (χ0n) is 10.6. The Morgan fingerprint density at radius 2 is 2.31 bits per heavy atom. The van der Waals surface area contributed by atoms with Crippen LogP contribution in [0.3, 0.4) is 0 Å². The molecule has 94 valence electrons. The Kier molecular flexibility index (Phi) is 4.22. The molecule has 0 bridgehead atoms. The lowest BCUT2D eigenvalue weighted by atomic mass is 9.69. The maximum Gasteiger partial charge on any atom is 0.0534 e. The zero-order chi connectivity index (χ0) is 11.4. The van der Waals surface area contributed by atoms with E-state index < -0.39 is 0 Å². The highest BCUT2D eigenvalue weighted by Crippen LogP contribution is 2.46. The number of fused-ring (bicyclic) bond motifs is 1. The van der Waals surface area contributed by atoms with E-state index in [0.29, 0.717) is 5.41 Å².